The zero-order chi connectivity index (χ0) is 18.2. The third kappa shape index (κ3) is 4.57. The van der Waals surface area contributed by atoms with Crippen LogP contribution in [-0.2, 0) is 6.54 Å². The summed E-state index contributed by atoms with van der Waals surface area (Å²) in [5.74, 6) is 0.352. The second kappa shape index (κ2) is 8.62. The number of benzene rings is 1. The number of ether oxygens (including phenoxy) is 1. The summed E-state index contributed by atoms with van der Waals surface area (Å²) >= 11 is 0. The fourth-order valence-corrected chi connectivity index (χ4v) is 2.37. The largest absolute Gasteiger partial charge is 0.492 e. The number of nitrogens with zero attached hydrogens (tertiary/aromatic N) is 2. The average Bonchev–Trinajstić information content (AvgIpc) is 2.69. The molecule has 2 aromatic heterocycles. The second-order valence-corrected chi connectivity index (χ2v) is 5.49. The van der Waals surface area contributed by atoms with Crippen LogP contribution >= 0.6 is 0 Å². The topological polar surface area (TPSA) is 76.1 Å². The van der Waals surface area contributed by atoms with Gasteiger partial charge in [-0.15, -0.1) is 0 Å². The average molecular weight is 348 g/mol. The summed E-state index contributed by atoms with van der Waals surface area (Å²) < 4.78 is 5.52. The van der Waals surface area contributed by atoms with Crippen LogP contribution in [0, 0.1) is 0 Å². The zero-order valence-electron chi connectivity index (χ0n) is 14.5. The number of carbonyl (C=O) groups is 1. The van der Waals surface area contributed by atoms with Crippen molar-refractivity contribution in [3.05, 3.63) is 78.4 Å². The van der Waals surface area contributed by atoms with Gasteiger partial charge < -0.3 is 15.4 Å². The molecule has 3 aromatic rings. The van der Waals surface area contributed by atoms with Crippen molar-refractivity contribution in [2.75, 3.05) is 17.2 Å². The molecule has 2 heterocycles. The smallest absolute Gasteiger partial charge is 0.274 e. The van der Waals surface area contributed by atoms with Gasteiger partial charge >= 0.3 is 0 Å². The van der Waals surface area contributed by atoms with Crippen molar-refractivity contribution in [3.63, 3.8) is 0 Å². The van der Waals surface area contributed by atoms with E-state index in [0.29, 0.717) is 30.3 Å². The second-order valence-electron chi connectivity index (χ2n) is 5.49. The molecular formula is C20H20N4O2. The lowest BCUT2D eigenvalue weighted by molar-refractivity contribution is 0.102. The number of carbonyl (C=O) groups excluding carboxylic acids is 1. The van der Waals surface area contributed by atoms with Gasteiger partial charge in [-0.2, -0.15) is 0 Å². The molecule has 132 valence electrons. The maximum absolute atomic E-state index is 12.4. The van der Waals surface area contributed by atoms with E-state index >= 15 is 0 Å². The number of anilines is 2. The normalized spacial score (nSPS) is 10.2. The maximum Gasteiger partial charge on any atom is 0.274 e. The minimum Gasteiger partial charge on any atom is -0.492 e. The monoisotopic (exact) mass is 348 g/mol. The molecule has 0 spiro atoms. The summed E-state index contributed by atoms with van der Waals surface area (Å²) in [6, 6.07) is 16.6. The Hall–Kier alpha value is -3.41. The molecule has 0 radical (unpaired) electrons. The molecule has 0 saturated heterocycles. The molecule has 1 aromatic carbocycles. The molecule has 0 aliphatic carbocycles. The molecule has 2 N–H and O–H groups in total. The molecule has 6 heteroatoms. The fraction of sp³-hybridized carbons (Fsp3) is 0.150. The van der Waals surface area contributed by atoms with Crippen LogP contribution in [0.3, 0.4) is 0 Å². The van der Waals surface area contributed by atoms with Crippen molar-refractivity contribution in [1.29, 1.82) is 0 Å². The number of amides is 1. The van der Waals surface area contributed by atoms with Crippen LogP contribution in [0.1, 0.15) is 23.1 Å². The number of para-hydroxylation sites is 2. The van der Waals surface area contributed by atoms with Gasteiger partial charge in [-0.05, 0) is 43.3 Å². The molecule has 3 rings (SSSR count). The fourth-order valence-electron chi connectivity index (χ4n) is 2.37. The van der Waals surface area contributed by atoms with E-state index in [9.17, 15) is 4.79 Å². The predicted molar refractivity (Wildman–Crippen MR) is 101 cm³/mol. The van der Waals surface area contributed by atoms with Gasteiger partial charge in [0.2, 0.25) is 0 Å². The molecule has 26 heavy (non-hydrogen) atoms. The van der Waals surface area contributed by atoms with Gasteiger partial charge in [0, 0.05) is 6.20 Å². The van der Waals surface area contributed by atoms with Crippen LogP contribution in [0.5, 0.6) is 5.75 Å². The van der Waals surface area contributed by atoms with E-state index in [1.54, 1.807) is 24.5 Å². The Morgan fingerprint density at radius 1 is 1.04 bits per heavy atom. The molecule has 0 aliphatic rings. The van der Waals surface area contributed by atoms with Crippen LogP contribution in [0.4, 0.5) is 11.4 Å². The van der Waals surface area contributed by atoms with E-state index < -0.39 is 0 Å². The van der Waals surface area contributed by atoms with E-state index in [4.69, 9.17) is 4.74 Å². The van der Waals surface area contributed by atoms with E-state index in [1.165, 1.54) is 0 Å². The molecule has 0 saturated carbocycles. The molecule has 0 unspecified atom stereocenters. The van der Waals surface area contributed by atoms with Crippen LogP contribution in [0.25, 0.3) is 0 Å². The molecular weight excluding hydrogens is 328 g/mol. The first kappa shape index (κ1) is 17.4. The summed E-state index contributed by atoms with van der Waals surface area (Å²) in [6.07, 6.45) is 3.38. The van der Waals surface area contributed by atoms with Crippen molar-refractivity contribution in [2.45, 2.75) is 13.5 Å². The number of rotatable bonds is 7. The number of nitrogens with one attached hydrogen (secondary N) is 2. The molecule has 0 atom stereocenters. The van der Waals surface area contributed by atoms with E-state index in [-0.39, 0.29) is 5.91 Å². The Kier molecular flexibility index (Phi) is 5.77. The summed E-state index contributed by atoms with van der Waals surface area (Å²) in [7, 11) is 0. The Balaban J connectivity index is 1.62. The van der Waals surface area contributed by atoms with Crippen molar-refractivity contribution in [2.24, 2.45) is 0 Å². The lowest BCUT2D eigenvalue weighted by atomic mass is 10.2. The highest BCUT2D eigenvalue weighted by Crippen LogP contribution is 2.24. The third-order valence-electron chi connectivity index (χ3n) is 3.63. The molecule has 0 bridgehead atoms. The molecule has 0 fully saturated rings. The summed E-state index contributed by atoms with van der Waals surface area (Å²) in [6.45, 7) is 3.02. The van der Waals surface area contributed by atoms with Gasteiger partial charge in [0.05, 0.1) is 36.4 Å². The van der Waals surface area contributed by atoms with Gasteiger partial charge in [-0.1, -0.05) is 18.2 Å². The highest BCUT2D eigenvalue weighted by atomic mass is 16.5. The van der Waals surface area contributed by atoms with Crippen molar-refractivity contribution < 1.29 is 9.53 Å². The van der Waals surface area contributed by atoms with Gasteiger partial charge in [0.1, 0.15) is 11.4 Å². The van der Waals surface area contributed by atoms with Gasteiger partial charge in [-0.25, -0.2) is 4.98 Å². The maximum atomic E-state index is 12.4. The summed E-state index contributed by atoms with van der Waals surface area (Å²) in [5.41, 5.74) is 2.71. The van der Waals surface area contributed by atoms with Gasteiger partial charge in [0.15, 0.2) is 0 Å². The zero-order valence-corrected chi connectivity index (χ0v) is 14.5. The number of hydrogen-bond acceptors (Lipinski definition) is 5. The highest BCUT2D eigenvalue weighted by molar-refractivity contribution is 6.03. The lowest BCUT2D eigenvalue weighted by Gasteiger charge is -2.11. The minimum absolute atomic E-state index is 0.284. The molecule has 0 aliphatic heterocycles. The van der Waals surface area contributed by atoms with Gasteiger partial charge in [-0.3, -0.25) is 9.78 Å². The van der Waals surface area contributed by atoms with E-state index in [0.717, 1.165) is 11.4 Å². The Labute approximate surface area is 152 Å². The van der Waals surface area contributed by atoms with Crippen LogP contribution in [0.15, 0.2) is 67.0 Å². The summed E-state index contributed by atoms with van der Waals surface area (Å²) in [5, 5.41) is 6.06. The minimum atomic E-state index is -0.284. The summed E-state index contributed by atoms with van der Waals surface area (Å²) in [4.78, 5) is 20.9. The first-order chi connectivity index (χ1) is 12.8. The standard InChI is InChI=1S/C20H20N4O2/c1-2-26-19-9-4-3-8-17(19)24-20(25)18-11-10-16(14-23-18)22-13-15-7-5-6-12-21-15/h3-12,14,22H,2,13H2,1H3,(H,24,25). The Morgan fingerprint density at radius 2 is 1.88 bits per heavy atom. The van der Waals surface area contributed by atoms with Crippen LogP contribution in [0.2, 0.25) is 0 Å². The quantitative estimate of drug-likeness (QED) is 0.680. The first-order valence-electron chi connectivity index (χ1n) is 8.39. The number of hydrogen-bond donors (Lipinski definition) is 2. The number of pyridine rings is 2. The Bertz CT molecular complexity index is 851. The lowest BCUT2D eigenvalue weighted by Crippen LogP contribution is -2.14. The van der Waals surface area contributed by atoms with Crippen molar-refractivity contribution >= 4 is 17.3 Å². The van der Waals surface area contributed by atoms with E-state index in [2.05, 4.69) is 20.6 Å². The highest BCUT2D eigenvalue weighted by Gasteiger charge is 2.10. The first-order valence-corrected chi connectivity index (χ1v) is 8.39. The van der Waals surface area contributed by atoms with Gasteiger partial charge in [0.25, 0.3) is 5.91 Å². The van der Waals surface area contributed by atoms with Crippen LogP contribution in [-0.4, -0.2) is 22.5 Å². The molecule has 6 nitrogen and oxygen atoms in total. The number of aromatic nitrogens is 2. The Morgan fingerprint density at radius 3 is 2.62 bits per heavy atom. The van der Waals surface area contributed by atoms with Crippen LogP contribution < -0.4 is 15.4 Å². The predicted octanol–water partition coefficient (Wildman–Crippen LogP) is 3.74. The SMILES string of the molecule is CCOc1ccccc1NC(=O)c1ccc(NCc2ccccn2)cn1. The third-order valence-corrected chi connectivity index (χ3v) is 3.63. The molecule has 1 amide bonds. The van der Waals surface area contributed by atoms with Crippen molar-refractivity contribution in [3.8, 4) is 5.75 Å². The van der Waals surface area contributed by atoms with E-state index in [1.807, 2.05) is 49.4 Å². The van der Waals surface area contributed by atoms with Crippen molar-refractivity contribution in [1.82, 2.24) is 9.97 Å².